The molecule has 4 nitrogen and oxygen atoms in total. The van der Waals surface area contributed by atoms with E-state index in [1.165, 1.54) is 24.2 Å². The van der Waals surface area contributed by atoms with Crippen LogP contribution in [0.15, 0.2) is 35.9 Å². The molecule has 0 aliphatic rings. The molecular weight excluding hydrogens is 287 g/mol. The first-order valence-corrected chi connectivity index (χ1v) is 6.81. The van der Waals surface area contributed by atoms with E-state index in [1.807, 2.05) is 0 Å². The lowest BCUT2D eigenvalue weighted by Gasteiger charge is -2.03. The molecule has 19 heavy (non-hydrogen) atoms. The standard InChI is InChI=1S/C12H8ClFN4S/c13-8-3-7(1-2-9(8)14)4-19-12-10-11(16-5-15-10)17-6-18-12/h1-3,5-6H,4H2,(H,15,16,17,18). The van der Waals surface area contributed by atoms with Gasteiger partial charge in [0.2, 0.25) is 0 Å². The Balaban J connectivity index is 1.82. The lowest BCUT2D eigenvalue weighted by molar-refractivity contribution is 0.628. The average Bonchev–Trinajstić information content (AvgIpc) is 2.89. The zero-order valence-corrected chi connectivity index (χ0v) is 11.2. The number of halogens is 2. The number of hydrogen-bond donors (Lipinski definition) is 1. The molecule has 1 N–H and O–H groups in total. The van der Waals surface area contributed by atoms with Gasteiger partial charge in [-0.05, 0) is 17.7 Å². The number of benzene rings is 1. The molecule has 0 unspecified atom stereocenters. The number of nitrogens with zero attached hydrogens (tertiary/aromatic N) is 3. The fourth-order valence-electron chi connectivity index (χ4n) is 1.63. The second kappa shape index (κ2) is 5.14. The highest BCUT2D eigenvalue weighted by molar-refractivity contribution is 7.98. The molecule has 0 saturated carbocycles. The van der Waals surface area contributed by atoms with E-state index in [1.54, 1.807) is 18.5 Å². The van der Waals surface area contributed by atoms with Gasteiger partial charge >= 0.3 is 0 Å². The topological polar surface area (TPSA) is 54.5 Å². The number of rotatable bonds is 3. The number of H-pyrrole nitrogens is 1. The van der Waals surface area contributed by atoms with Crippen molar-refractivity contribution in [3.63, 3.8) is 0 Å². The van der Waals surface area contributed by atoms with Gasteiger partial charge in [-0.3, -0.25) is 0 Å². The molecule has 0 radical (unpaired) electrons. The number of thioether (sulfide) groups is 1. The second-order valence-corrected chi connectivity index (χ2v) is 5.19. The first-order chi connectivity index (χ1) is 9.24. The van der Waals surface area contributed by atoms with Gasteiger partial charge in [-0.15, -0.1) is 0 Å². The molecule has 0 bridgehead atoms. The molecule has 0 aliphatic carbocycles. The summed E-state index contributed by atoms with van der Waals surface area (Å²) in [6.45, 7) is 0. The third-order valence-electron chi connectivity index (χ3n) is 2.55. The summed E-state index contributed by atoms with van der Waals surface area (Å²) in [4.78, 5) is 15.3. The number of nitrogens with one attached hydrogen (secondary N) is 1. The number of hydrogen-bond acceptors (Lipinski definition) is 4. The summed E-state index contributed by atoms with van der Waals surface area (Å²) in [5.74, 6) is 0.235. The SMILES string of the molecule is Fc1ccc(CSc2ncnc3nc[nH]c23)cc1Cl. The number of aromatic nitrogens is 4. The van der Waals surface area contributed by atoms with Gasteiger partial charge < -0.3 is 4.98 Å². The minimum atomic E-state index is -0.409. The molecule has 96 valence electrons. The zero-order valence-electron chi connectivity index (χ0n) is 9.60. The van der Waals surface area contributed by atoms with Crippen molar-refractivity contribution < 1.29 is 4.39 Å². The molecule has 2 heterocycles. The average molecular weight is 295 g/mol. The van der Waals surface area contributed by atoms with Crippen LogP contribution in [0.2, 0.25) is 5.02 Å². The molecule has 3 rings (SSSR count). The van der Waals surface area contributed by atoms with Crippen LogP contribution in [0.25, 0.3) is 11.2 Å². The summed E-state index contributed by atoms with van der Waals surface area (Å²) >= 11 is 7.27. The quantitative estimate of drug-likeness (QED) is 0.594. The Morgan fingerprint density at radius 2 is 2.16 bits per heavy atom. The zero-order chi connectivity index (χ0) is 13.2. The van der Waals surface area contributed by atoms with Crippen LogP contribution in [0, 0.1) is 5.82 Å². The molecular formula is C12H8ClFN4S. The van der Waals surface area contributed by atoms with E-state index < -0.39 is 5.82 Å². The lowest BCUT2D eigenvalue weighted by atomic mass is 10.2. The lowest BCUT2D eigenvalue weighted by Crippen LogP contribution is -1.88. The highest BCUT2D eigenvalue weighted by atomic mass is 35.5. The van der Waals surface area contributed by atoms with E-state index in [0.29, 0.717) is 11.4 Å². The van der Waals surface area contributed by atoms with Crippen LogP contribution in [0.1, 0.15) is 5.56 Å². The van der Waals surface area contributed by atoms with E-state index in [2.05, 4.69) is 19.9 Å². The fraction of sp³-hybridized carbons (Fsp3) is 0.0833. The highest BCUT2D eigenvalue weighted by Gasteiger charge is 2.07. The predicted molar refractivity (Wildman–Crippen MR) is 72.7 cm³/mol. The van der Waals surface area contributed by atoms with E-state index in [0.717, 1.165) is 16.1 Å². The van der Waals surface area contributed by atoms with Crippen LogP contribution in [-0.2, 0) is 5.75 Å². The summed E-state index contributed by atoms with van der Waals surface area (Å²) < 4.78 is 13.1. The Morgan fingerprint density at radius 1 is 1.26 bits per heavy atom. The minimum Gasteiger partial charge on any atom is -0.341 e. The van der Waals surface area contributed by atoms with Crippen LogP contribution in [0.4, 0.5) is 4.39 Å². The van der Waals surface area contributed by atoms with Crippen molar-refractivity contribution in [3.8, 4) is 0 Å². The van der Waals surface area contributed by atoms with E-state index >= 15 is 0 Å². The van der Waals surface area contributed by atoms with E-state index in [4.69, 9.17) is 11.6 Å². The molecule has 0 aliphatic heterocycles. The maximum atomic E-state index is 13.1. The van der Waals surface area contributed by atoms with Crippen LogP contribution < -0.4 is 0 Å². The first-order valence-electron chi connectivity index (χ1n) is 5.45. The Hall–Kier alpha value is -1.66. The summed E-state index contributed by atoms with van der Waals surface area (Å²) in [6, 6.07) is 4.69. The summed E-state index contributed by atoms with van der Waals surface area (Å²) in [5, 5.41) is 0.940. The van der Waals surface area contributed by atoms with Crippen molar-refractivity contribution in [1.82, 2.24) is 19.9 Å². The van der Waals surface area contributed by atoms with Crippen molar-refractivity contribution in [2.75, 3.05) is 0 Å². The third kappa shape index (κ3) is 2.54. The molecule has 7 heteroatoms. The smallest absolute Gasteiger partial charge is 0.181 e. The molecule has 1 aromatic carbocycles. The van der Waals surface area contributed by atoms with Crippen molar-refractivity contribution >= 4 is 34.5 Å². The molecule has 0 atom stereocenters. The van der Waals surface area contributed by atoms with Crippen LogP contribution in [0.3, 0.4) is 0 Å². The molecule has 3 aromatic rings. The fourth-order valence-corrected chi connectivity index (χ4v) is 2.74. The number of imidazole rings is 1. The molecule has 0 spiro atoms. The molecule has 2 aromatic heterocycles. The van der Waals surface area contributed by atoms with Crippen molar-refractivity contribution in [2.45, 2.75) is 10.8 Å². The normalized spacial score (nSPS) is 11.1. The van der Waals surface area contributed by atoms with Gasteiger partial charge in [0.1, 0.15) is 22.7 Å². The van der Waals surface area contributed by atoms with Crippen molar-refractivity contribution in [2.24, 2.45) is 0 Å². The summed E-state index contributed by atoms with van der Waals surface area (Å²) in [7, 11) is 0. The van der Waals surface area contributed by atoms with Gasteiger partial charge in [0.15, 0.2) is 5.65 Å². The summed E-state index contributed by atoms with van der Waals surface area (Å²) in [5.41, 5.74) is 2.37. The summed E-state index contributed by atoms with van der Waals surface area (Å²) in [6.07, 6.45) is 3.06. The van der Waals surface area contributed by atoms with Gasteiger partial charge in [-0.1, -0.05) is 29.4 Å². The van der Waals surface area contributed by atoms with Gasteiger partial charge in [-0.2, -0.15) is 0 Å². The molecule has 0 saturated heterocycles. The van der Waals surface area contributed by atoms with Crippen molar-refractivity contribution in [1.29, 1.82) is 0 Å². The minimum absolute atomic E-state index is 0.132. The maximum Gasteiger partial charge on any atom is 0.181 e. The highest BCUT2D eigenvalue weighted by Crippen LogP contribution is 2.26. The maximum absolute atomic E-state index is 13.1. The second-order valence-electron chi connectivity index (χ2n) is 3.82. The Kier molecular flexibility index (Phi) is 3.35. The number of aromatic amines is 1. The molecule has 0 fully saturated rings. The Morgan fingerprint density at radius 3 is 3.00 bits per heavy atom. The Labute approximate surface area is 117 Å². The first kappa shape index (κ1) is 12.4. The van der Waals surface area contributed by atoms with Crippen LogP contribution >= 0.6 is 23.4 Å². The van der Waals surface area contributed by atoms with E-state index in [9.17, 15) is 4.39 Å². The predicted octanol–water partition coefficient (Wildman–Crippen LogP) is 3.44. The van der Waals surface area contributed by atoms with Crippen LogP contribution in [-0.4, -0.2) is 19.9 Å². The van der Waals surface area contributed by atoms with Gasteiger partial charge in [0.05, 0.1) is 11.3 Å². The van der Waals surface area contributed by atoms with Crippen molar-refractivity contribution in [3.05, 3.63) is 47.3 Å². The van der Waals surface area contributed by atoms with Gasteiger partial charge in [0.25, 0.3) is 0 Å². The van der Waals surface area contributed by atoms with Crippen LogP contribution in [0.5, 0.6) is 0 Å². The monoisotopic (exact) mass is 294 g/mol. The molecule has 0 amide bonds. The van der Waals surface area contributed by atoms with Gasteiger partial charge in [-0.25, -0.2) is 19.3 Å². The van der Waals surface area contributed by atoms with E-state index in [-0.39, 0.29) is 5.02 Å². The third-order valence-corrected chi connectivity index (χ3v) is 3.90. The number of fused-ring (bicyclic) bond motifs is 1. The Bertz CT molecular complexity index is 731. The largest absolute Gasteiger partial charge is 0.341 e. The van der Waals surface area contributed by atoms with Gasteiger partial charge in [0, 0.05) is 5.75 Å².